The Morgan fingerprint density at radius 1 is 1.08 bits per heavy atom. The number of hydrogen-bond acceptors (Lipinski definition) is 1. The number of unbranched alkanes of at least 4 members (excludes halogenated alkanes) is 3. The summed E-state index contributed by atoms with van der Waals surface area (Å²) >= 11 is 0. The molecule has 0 N–H and O–H groups in total. The van der Waals surface area contributed by atoms with Crippen LogP contribution in [0.25, 0.3) is 0 Å². The summed E-state index contributed by atoms with van der Waals surface area (Å²) < 4.78 is 5.72. The molecule has 0 bridgehead atoms. The number of rotatable bonds is 6. The van der Waals surface area contributed by atoms with Gasteiger partial charge in [0.15, 0.2) is 0 Å². The van der Waals surface area contributed by atoms with Gasteiger partial charge in [0.25, 0.3) is 0 Å². The number of ether oxygens (including phenoxy) is 1. The van der Waals surface area contributed by atoms with Crippen molar-refractivity contribution in [3.05, 3.63) is 0 Å². The molecule has 2 unspecified atom stereocenters. The quantitative estimate of drug-likeness (QED) is 0.362. The Bertz CT molecular complexity index is 151. The molecule has 78 valence electrons. The molecule has 2 heteroatoms. The van der Waals surface area contributed by atoms with Crippen molar-refractivity contribution in [2.75, 3.05) is 0 Å². The minimum Gasteiger partial charge on any atom is -0.373 e. The van der Waals surface area contributed by atoms with E-state index >= 15 is 0 Å². The summed E-state index contributed by atoms with van der Waals surface area (Å²) in [7, 11) is -0.977. The zero-order chi connectivity index (χ0) is 9.90. The summed E-state index contributed by atoms with van der Waals surface area (Å²) in [5, 5.41) is 0. The Hall–Kier alpha value is 0.177. The predicted molar refractivity (Wildman–Crippen MR) is 60.8 cm³/mol. The minimum atomic E-state index is -0.977. The maximum Gasteiger partial charge on any atom is 0.0819 e. The molecule has 1 heterocycles. The molecule has 1 rings (SSSR count). The van der Waals surface area contributed by atoms with Gasteiger partial charge in [-0.15, -0.1) is 0 Å². The van der Waals surface area contributed by atoms with Gasteiger partial charge < -0.3 is 4.74 Å². The van der Waals surface area contributed by atoms with Crippen molar-refractivity contribution >= 4 is 8.07 Å². The van der Waals surface area contributed by atoms with E-state index in [9.17, 15) is 0 Å². The van der Waals surface area contributed by atoms with Crippen LogP contribution in [0.5, 0.6) is 0 Å². The van der Waals surface area contributed by atoms with Crippen molar-refractivity contribution in [1.82, 2.24) is 0 Å². The van der Waals surface area contributed by atoms with Gasteiger partial charge in [-0.1, -0.05) is 52.2 Å². The van der Waals surface area contributed by atoms with Crippen molar-refractivity contribution in [2.24, 2.45) is 0 Å². The Balaban J connectivity index is 2.01. The van der Waals surface area contributed by atoms with E-state index in [0.29, 0.717) is 11.8 Å². The van der Waals surface area contributed by atoms with Crippen molar-refractivity contribution in [3.63, 3.8) is 0 Å². The average molecular weight is 200 g/mol. The molecule has 1 fully saturated rings. The third-order valence-electron chi connectivity index (χ3n) is 2.78. The lowest BCUT2D eigenvalue weighted by atomic mass is 10.1. The smallest absolute Gasteiger partial charge is 0.0819 e. The molecule has 0 aromatic heterocycles. The van der Waals surface area contributed by atoms with E-state index in [-0.39, 0.29) is 0 Å². The molecule has 0 spiro atoms. The van der Waals surface area contributed by atoms with Gasteiger partial charge in [0.1, 0.15) is 0 Å². The van der Waals surface area contributed by atoms with Crippen LogP contribution in [0.3, 0.4) is 0 Å². The fourth-order valence-corrected chi connectivity index (χ4v) is 3.76. The second kappa shape index (κ2) is 4.60. The molecule has 1 aliphatic heterocycles. The zero-order valence-electron chi connectivity index (χ0n) is 9.60. The van der Waals surface area contributed by atoms with Crippen LogP contribution in [-0.4, -0.2) is 19.9 Å². The highest BCUT2D eigenvalue weighted by Crippen LogP contribution is 2.34. The molecule has 0 amide bonds. The lowest BCUT2D eigenvalue weighted by Crippen LogP contribution is -2.30. The van der Waals surface area contributed by atoms with E-state index in [2.05, 4.69) is 26.6 Å². The summed E-state index contributed by atoms with van der Waals surface area (Å²) in [5.74, 6) is 0. The van der Waals surface area contributed by atoms with Gasteiger partial charge in [0.05, 0.1) is 19.9 Å². The maximum absolute atomic E-state index is 5.72. The normalized spacial score (nSPS) is 27.7. The van der Waals surface area contributed by atoms with Crippen LogP contribution in [-0.2, 0) is 4.74 Å². The molecule has 0 saturated carbocycles. The largest absolute Gasteiger partial charge is 0.373 e. The fraction of sp³-hybridized carbons (Fsp3) is 1.00. The van der Waals surface area contributed by atoms with E-state index in [4.69, 9.17) is 4.74 Å². The summed E-state index contributed by atoms with van der Waals surface area (Å²) in [6, 6.07) is 0. The molecule has 0 aromatic carbocycles. The van der Waals surface area contributed by atoms with Gasteiger partial charge in [0.2, 0.25) is 0 Å². The second-order valence-corrected chi connectivity index (χ2v) is 10.6. The topological polar surface area (TPSA) is 12.5 Å². The number of epoxide rings is 1. The van der Waals surface area contributed by atoms with Gasteiger partial charge in [0, 0.05) is 0 Å². The van der Waals surface area contributed by atoms with E-state index in [1.807, 2.05) is 0 Å². The lowest BCUT2D eigenvalue weighted by Gasteiger charge is -2.11. The minimum absolute atomic E-state index is 0.642. The second-order valence-electron chi connectivity index (χ2n) is 5.31. The lowest BCUT2D eigenvalue weighted by molar-refractivity contribution is 0.377. The van der Waals surface area contributed by atoms with Crippen molar-refractivity contribution in [1.29, 1.82) is 0 Å². The summed E-state index contributed by atoms with van der Waals surface area (Å²) in [4.78, 5) is 0. The Morgan fingerprint density at radius 2 is 1.77 bits per heavy atom. The Kier molecular flexibility index (Phi) is 3.99. The van der Waals surface area contributed by atoms with Gasteiger partial charge in [-0.2, -0.15) is 0 Å². The van der Waals surface area contributed by atoms with Crippen LogP contribution < -0.4 is 0 Å². The van der Waals surface area contributed by atoms with Crippen molar-refractivity contribution in [2.45, 2.75) is 70.5 Å². The average Bonchev–Trinajstić information content (AvgIpc) is 2.76. The van der Waals surface area contributed by atoms with Crippen LogP contribution in [0.15, 0.2) is 0 Å². The molecular formula is C11H24OSi. The first kappa shape index (κ1) is 11.3. The van der Waals surface area contributed by atoms with E-state index in [1.165, 1.54) is 32.1 Å². The first-order valence-electron chi connectivity index (χ1n) is 5.71. The predicted octanol–water partition coefficient (Wildman–Crippen LogP) is 3.60. The third-order valence-corrected chi connectivity index (χ3v) is 4.99. The van der Waals surface area contributed by atoms with E-state index in [0.717, 1.165) is 0 Å². The van der Waals surface area contributed by atoms with Crippen molar-refractivity contribution < 1.29 is 4.74 Å². The van der Waals surface area contributed by atoms with Crippen LogP contribution in [0, 0.1) is 0 Å². The molecule has 13 heavy (non-hydrogen) atoms. The molecule has 1 nitrogen and oxygen atoms in total. The van der Waals surface area contributed by atoms with Gasteiger partial charge in [-0.3, -0.25) is 0 Å². The Labute approximate surface area is 83.9 Å². The first-order valence-corrected chi connectivity index (χ1v) is 9.29. The van der Waals surface area contributed by atoms with E-state index in [1.54, 1.807) is 0 Å². The molecule has 0 aromatic rings. The highest BCUT2D eigenvalue weighted by atomic mass is 28.3. The SMILES string of the molecule is CCCCCCC1OC1[Si](C)(C)C. The maximum atomic E-state index is 5.72. The van der Waals surface area contributed by atoms with Crippen molar-refractivity contribution in [3.8, 4) is 0 Å². The highest BCUT2D eigenvalue weighted by molar-refractivity contribution is 6.78. The molecule has 1 aliphatic rings. The molecule has 0 aliphatic carbocycles. The number of hydrogen-bond donors (Lipinski definition) is 0. The van der Waals surface area contributed by atoms with E-state index < -0.39 is 8.07 Å². The Morgan fingerprint density at radius 3 is 2.23 bits per heavy atom. The zero-order valence-corrected chi connectivity index (χ0v) is 10.6. The molecule has 1 saturated heterocycles. The van der Waals surface area contributed by atoms with Gasteiger partial charge in [-0.05, 0) is 6.42 Å². The van der Waals surface area contributed by atoms with Gasteiger partial charge >= 0.3 is 0 Å². The highest BCUT2D eigenvalue weighted by Gasteiger charge is 2.47. The molecule has 0 radical (unpaired) electrons. The van der Waals surface area contributed by atoms with Crippen LogP contribution in [0.2, 0.25) is 19.6 Å². The molecule has 2 atom stereocenters. The summed E-state index contributed by atoms with van der Waals surface area (Å²) in [6.45, 7) is 9.48. The van der Waals surface area contributed by atoms with Crippen LogP contribution in [0.4, 0.5) is 0 Å². The van der Waals surface area contributed by atoms with Crippen LogP contribution >= 0.6 is 0 Å². The summed E-state index contributed by atoms with van der Waals surface area (Å²) in [5.41, 5.74) is 0.675. The summed E-state index contributed by atoms with van der Waals surface area (Å²) in [6.07, 6.45) is 7.46. The molecular weight excluding hydrogens is 176 g/mol. The fourth-order valence-electron chi connectivity index (χ4n) is 1.90. The standard InChI is InChI=1S/C11H24OSi/c1-5-6-7-8-9-10-11(12-10)13(2,3)4/h10-11H,5-9H2,1-4H3. The van der Waals surface area contributed by atoms with Gasteiger partial charge in [-0.25, -0.2) is 0 Å². The van der Waals surface area contributed by atoms with Crippen LogP contribution in [0.1, 0.15) is 39.0 Å². The third kappa shape index (κ3) is 3.82. The monoisotopic (exact) mass is 200 g/mol. The first-order chi connectivity index (χ1) is 6.05.